The number of aromatic hydroxyl groups is 1. The number of ketones is 1. The van der Waals surface area contributed by atoms with Crippen LogP contribution in [0.2, 0.25) is 0 Å². The summed E-state index contributed by atoms with van der Waals surface area (Å²) in [6.07, 6.45) is 0.246. The largest absolute Gasteiger partial charge is 0.507 e. The van der Waals surface area contributed by atoms with Crippen molar-refractivity contribution >= 4 is 5.78 Å². The van der Waals surface area contributed by atoms with Gasteiger partial charge >= 0.3 is 0 Å². The van der Waals surface area contributed by atoms with E-state index in [9.17, 15) is 9.90 Å². The van der Waals surface area contributed by atoms with Gasteiger partial charge in [-0.1, -0.05) is 0 Å². The fraction of sp³-hybridized carbons (Fsp3) is 0.200. The molecule has 0 amide bonds. The highest BCUT2D eigenvalue weighted by Gasteiger charge is 2.07. The maximum absolute atomic E-state index is 11.4. The van der Waals surface area contributed by atoms with Gasteiger partial charge in [-0.25, -0.2) is 0 Å². The van der Waals surface area contributed by atoms with Crippen LogP contribution in [0.4, 0.5) is 0 Å². The van der Waals surface area contributed by atoms with Gasteiger partial charge in [0, 0.05) is 12.0 Å². The van der Waals surface area contributed by atoms with E-state index >= 15 is 0 Å². The van der Waals surface area contributed by atoms with Crippen LogP contribution < -0.4 is 5.73 Å². The molecular weight excluding hydrogens is 180 g/mol. The number of Topliss-reactive ketones (excluding diaryl/α,β-unsaturated/α-hetero) is 1. The van der Waals surface area contributed by atoms with Gasteiger partial charge in [0.1, 0.15) is 11.8 Å². The lowest BCUT2D eigenvalue weighted by atomic mass is 10.1. The molecule has 0 saturated heterocycles. The third kappa shape index (κ3) is 2.09. The average Bonchev–Trinajstić information content (AvgIpc) is 2.19. The van der Waals surface area contributed by atoms with E-state index in [2.05, 4.69) is 0 Å². The molecule has 0 atom stereocenters. The molecule has 0 aliphatic rings. The Morgan fingerprint density at radius 1 is 1.57 bits per heavy atom. The van der Waals surface area contributed by atoms with Crippen molar-refractivity contribution in [2.75, 3.05) is 6.54 Å². The number of phenols is 1. The fourth-order valence-electron chi connectivity index (χ4n) is 1.07. The van der Waals surface area contributed by atoms with Gasteiger partial charge in [-0.05, 0) is 24.7 Å². The molecule has 1 aromatic rings. The second-order valence-corrected chi connectivity index (χ2v) is 2.81. The number of nitrogens with two attached hydrogens (primary N) is 1. The van der Waals surface area contributed by atoms with Crippen LogP contribution in [0.5, 0.6) is 5.75 Å². The van der Waals surface area contributed by atoms with Gasteiger partial charge in [0.15, 0.2) is 5.78 Å². The summed E-state index contributed by atoms with van der Waals surface area (Å²) < 4.78 is 0. The van der Waals surface area contributed by atoms with Crippen molar-refractivity contribution in [3.63, 3.8) is 0 Å². The van der Waals surface area contributed by atoms with E-state index < -0.39 is 0 Å². The molecule has 1 rings (SSSR count). The zero-order chi connectivity index (χ0) is 10.6. The van der Waals surface area contributed by atoms with E-state index in [1.165, 1.54) is 18.2 Å². The van der Waals surface area contributed by atoms with Gasteiger partial charge in [0.2, 0.25) is 0 Å². The van der Waals surface area contributed by atoms with Crippen LogP contribution in [-0.4, -0.2) is 17.4 Å². The predicted octanol–water partition coefficient (Wildman–Crippen LogP) is 0.795. The Labute approximate surface area is 81.6 Å². The molecule has 0 saturated carbocycles. The lowest BCUT2D eigenvalue weighted by molar-refractivity contribution is 0.0985. The van der Waals surface area contributed by atoms with Crippen LogP contribution in [0.1, 0.15) is 22.3 Å². The molecule has 0 aromatic heterocycles. The number of phenolic OH excluding ortho intramolecular Hbond substituents is 1. The highest BCUT2D eigenvalue weighted by molar-refractivity contribution is 5.96. The first-order valence-electron chi connectivity index (χ1n) is 4.15. The van der Waals surface area contributed by atoms with Crippen molar-refractivity contribution in [3.05, 3.63) is 29.3 Å². The van der Waals surface area contributed by atoms with Crippen LogP contribution in [0.15, 0.2) is 18.2 Å². The van der Waals surface area contributed by atoms with Crippen molar-refractivity contribution in [1.29, 1.82) is 5.26 Å². The first kappa shape index (κ1) is 10.2. The van der Waals surface area contributed by atoms with Crippen molar-refractivity contribution < 1.29 is 9.90 Å². The number of benzene rings is 1. The van der Waals surface area contributed by atoms with E-state index in [4.69, 9.17) is 11.0 Å². The van der Waals surface area contributed by atoms with Gasteiger partial charge < -0.3 is 10.8 Å². The number of nitriles is 1. The minimum atomic E-state index is -0.121. The molecule has 0 aliphatic carbocycles. The summed E-state index contributed by atoms with van der Waals surface area (Å²) in [6.45, 7) is 0.279. The number of carbonyl (C=O) groups is 1. The lowest BCUT2D eigenvalue weighted by Crippen LogP contribution is -2.08. The number of nitrogens with zero attached hydrogens (tertiary/aromatic N) is 1. The number of hydrogen-bond donors (Lipinski definition) is 2. The highest BCUT2D eigenvalue weighted by Crippen LogP contribution is 2.17. The van der Waals surface area contributed by atoms with Crippen molar-refractivity contribution in [2.24, 2.45) is 5.73 Å². The maximum Gasteiger partial charge on any atom is 0.164 e. The minimum Gasteiger partial charge on any atom is -0.507 e. The molecule has 0 spiro atoms. The van der Waals surface area contributed by atoms with Gasteiger partial charge in [-0.15, -0.1) is 0 Å². The topological polar surface area (TPSA) is 87.1 Å². The minimum absolute atomic E-state index is 0.105. The summed E-state index contributed by atoms with van der Waals surface area (Å²) in [7, 11) is 0. The molecule has 0 aliphatic heterocycles. The van der Waals surface area contributed by atoms with E-state index in [-0.39, 0.29) is 30.1 Å². The number of carbonyl (C=O) groups excluding carboxylic acids is 1. The molecule has 0 unspecified atom stereocenters. The maximum atomic E-state index is 11.4. The number of hydrogen-bond acceptors (Lipinski definition) is 4. The first-order chi connectivity index (χ1) is 6.69. The highest BCUT2D eigenvalue weighted by atomic mass is 16.3. The Balaban J connectivity index is 3.02. The van der Waals surface area contributed by atoms with Crippen LogP contribution >= 0.6 is 0 Å². The molecule has 4 nitrogen and oxygen atoms in total. The Bertz CT molecular complexity index is 394. The molecule has 14 heavy (non-hydrogen) atoms. The zero-order valence-corrected chi connectivity index (χ0v) is 7.53. The van der Waals surface area contributed by atoms with Crippen molar-refractivity contribution in [1.82, 2.24) is 0 Å². The van der Waals surface area contributed by atoms with Crippen molar-refractivity contribution in [3.8, 4) is 11.8 Å². The van der Waals surface area contributed by atoms with E-state index in [1.807, 2.05) is 0 Å². The van der Waals surface area contributed by atoms with Crippen LogP contribution in [0, 0.1) is 11.3 Å². The van der Waals surface area contributed by atoms with E-state index in [1.54, 1.807) is 6.07 Å². The lowest BCUT2D eigenvalue weighted by Gasteiger charge is -2.00. The normalized spacial score (nSPS) is 9.43. The molecule has 0 fully saturated rings. The monoisotopic (exact) mass is 190 g/mol. The summed E-state index contributed by atoms with van der Waals surface area (Å²) in [5, 5.41) is 17.8. The standard InChI is InChI=1S/C10H10N2O2/c11-4-3-10(14)7-1-2-9(13)8(5-7)6-12/h1-2,5,13H,3-4,11H2. The molecule has 0 bridgehead atoms. The van der Waals surface area contributed by atoms with E-state index in [0.717, 1.165) is 0 Å². The van der Waals surface area contributed by atoms with Crippen LogP contribution in [-0.2, 0) is 0 Å². The third-order valence-electron chi connectivity index (χ3n) is 1.81. The second kappa shape index (κ2) is 4.40. The van der Waals surface area contributed by atoms with E-state index in [0.29, 0.717) is 5.56 Å². The Morgan fingerprint density at radius 2 is 2.29 bits per heavy atom. The van der Waals surface area contributed by atoms with Crippen LogP contribution in [0.3, 0.4) is 0 Å². The summed E-state index contributed by atoms with van der Waals surface area (Å²) in [4.78, 5) is 11.4. The van der Waals surface area contributed by atoms with Gasteiger partial charge in [0.25, 0.3) is 0 Å². The Morgan fingerprint density at radius 3 is 2.86 bits per heavy atom. The Kier molecular flexibility index (Phi) is 3.21. The molecule has 72 valence electrons. The summed E-state index contributed by atoms with van der Waals surface area (Å²) in [5.74, 6) is -0.235. The molecule has 4 heteroatoms. The SMILES string of the molecule is N#Cc1cc(C(=O)CCN)ccc1O. The molecular formula is C10H10N2O2. The molecule has 1 aromatic carbocycles. The molecule has 0 heterocycles. The second-order valence-electron chi connectivity index (χ2n) is 2.81. The van der Waals surface area contributed by atoms with Gasteiger partial charge in [0.05, 0.1) is 5.56 Å². The van der Waals surface area contributed by atoms with Gasteiger partial charge in [-0.2, -0.15) is 5.26 Å². The Hall–Kier alpha value is -1.86. The fourth-order valence-corrected chi connectivity index (χ4v) is 1.07. The quantitative estimate of drug-likeness (QED) is 0.690. The third-order valence-corrected chi connectivity index (χ3v) is 1.81. The molecule has 0 radical (unpaired) electrons. The summed E-state index contributed by atoms with van der Waals surface area (Å²) in [5.41, 5.74) is 5.74. The smallest absolute Gasteiger partial charge is 0.164 e. The van der Waals surface area contributed by atoms with Gasteiger partial charge in [-0.3, -0.25) is 4.79 Å². The summed E-state index contributed by atoms with van der Waals surface area (Å²) >= 11 is 0. The predicted molar refractivity (Wildman–Crippen MR) is 50.8 cm³/mol. The van der Waals surface area contributed by atoms with Crippen LogP contribution in [0.25, 0.3) is 0 Å². The first-order valence-corrected chi connectivity index (χ1v) is 4.15. The molecule has 3 N–H and O–H groups in total. The van der Waals surface area contributed by atoms with Crippen molar-refractivity contribution in [2.45, 2.75) is 6.42 Å². The summed E-state index contributed by atoms with van der Waals surface area (Å²) in [6, 6.07) is 5.98. The number of rotatable bonds is 3. The zero-order valence-electron chi connectivity index (χ0n) is 7.53. The average molecular weight is 190 g/mol.